The number of benzene rings is 10. The predicted molar refractivity (Wildman–Crippen MR) is 321 cm³/mol. The van der Waals surface area contributed by atoms with Crippen molar-refractivity contribution in [1.82, 2.24) is 14.5 Å². The van der Waals surface area contributed by atoms with Crippen molar-refractivity contribution in [2.75, 3.05) is 4.90 Å². The molecule has 3 aliphatic rings. The van der Waals surface area contributed by atoms with Crippen LogP contribution in [0.15, 0.2) is 260 Å². The number of amidine groups is 1. The quantitative estimate of drug-likeness (QED) is 0.116. The second kappa shape index (κ2) is 17.7. The third kappa shape index (κ3) is 6.70. The van der Waals surface area contributed by atoms with Crippen LogP contribution in [-0.4, -0.2) is 15.0 Å². The monoisotopic (exact) mass is 987 g/mol. The fraction of sp³-hybridized carbons (Fsp3) is 0.0694. The molecule has 77 heavy (non-hydrogen) atoms. The summed E-state index contributed by atoms with van der Waals surface area (Å²) in [4.78, 5) is 8.09. The molecule has 5 heteroatoms. The van der Waals surface area contributed by atoms with Gasteiger partial charge in [-0.05, 0) is 113 Å². The summed E-state index contributed by atoms with van der Waals surface area (Å²) < 4.78 is 4.77. The zero-order valence-electron chi connectivity index (χ0n) is 42.7. The van der Waals surface area contributed by atoms with Gasteiger partial charge in [0.1, 0.15) is 11.7 Å². The molecule has 0 saturated carbocycles. The van der Waals surface area contributed by atoms with Crippen LogP contribution in [0, 0.1) is 0 Å². The summed E-state index contributed by atoms with van der Waals surface area (Å²) in [6.07, 6.45) is 6.66. The molecule has 3 aliphatic carbocycles. The highest BCUT2D eigenvalue weighted by Gasteiger charge is 2.52. The van der Waals surface area contributed by atoms with Crippen LogP contribution in [0.3, 0.4) is 0 Å². The summed E-state index contributed by atoms with van der Waals surface area (Å²) in [7, 11) is 0. The summed E-state index contributed by atoms with van der Waals surface area (Å²) in [5.74, 6) is 1.35. The van der Waals surface area contributed by atoms with Crippen LogP contribution in [0.5, 0.6) is 0 Å². The van der Waals surface area contributed by atoms with Crippen LogP contribution < -0.4 is 10.2 Å². The van der Waals surface area contributed by atoms with Crippen LogP contribution in [0.25, 0.3) is 72.5 Å². The Morgan fingerprint density at radius 3 is 1.91 bits per heavy atom. The minimum Gasteiger partial charge on any atom is -0.363 e. The van der Waals surface area contributed by atoms with Gasteiger partial charge in [0.05, 0.1) is 33.3 Å². The van der Waals surface area contributed by atoms with Crippen LogP contribution in [-0.2, 0) is 11.8 Å². The number of nitrogens with zero attached hydrogens (tertiary/aromatic N) is 4. The highest BCUT2D eigenvalue weighted by atomic mass is 15.2. The standard InChI is InChI=1S/C72H53N5/c1-47(49-24-6-3-7-25-49)73-71(50-26-8-4-9-27-50)74-48(2)75-64-40-20-15-32-55(64)57-35-22-43-68(70(57)75)77(52-44-45-66-59(46-52)56-33-16-21-41-65(56)76(66)51-28-10-5-11-29-51)67-42-23-39-63-69(67)58-34-14-19-38-62(58)72(63)60-36-17-12-30-53(60)54-31-13-18-37-61(54)72/h3-20,22-40,42-47H,2,21,41H2,1H3,(H,73,74). The Balaban J connectivity index is 1.02. The number of fused-ring (bicyclic) bond motifs is 16. The van der Waals surface area contributed by atoms with Gasteiger partial charge in [-0.3, -0.25) is 4.57 Å². The SMILES string of the molecule is C=C(/N=C(\NC(C)c1ccccc1)c1ccccc1)n1c2ccccc2c2cccc(N(c3ccc4c(c3)c3c(n4-c4ccccc4)CCC=C3)c3cccc4c3-c3ccccc3C43c4ccccc4-c4ccccc43)c21. The Labute approximate surface area is 448 Å². The molecule has 366 valence electrons. The lowest BCUT2D eigenvalue weighted by Crippen LogP contribution is -2.28. The van der Waals surface area contributed by atoms with Crippen LogP contribution in [0.4, 0.5) is 17.1 Å². The van der Waals surface area contributed by atoms with Crippen LogP contribution >= 0.6 is 0 Å². The van der Waals surface area contributed by atoms with Crippen molar-refractivity contribution in [1.29, 1.82) is 0 Å². The number of rotatable bonds is 9. The van der Waals surface area contributed by atoms with Gasteiger partial charge in [-0.2, -0.15) is 0 Å². The van der Waals surface area contributed by atoms with E-state index >= 15 is 0 Å². The van der Waals surface area contributed by atoms with Crippen molar-refractivity contribution in [2.45, 2.75) is 31.2 Å². The lowest BCUT2D eigenvalue weighted by Gasteiger charge is -2.32. The van der Waals surface area contributed by atoms with E-state index in [1.54, 1.807) is 0 Å². The van der Waals surface area contributed by atoms with Gasteiger partial charge in [-0.15, -0.1) is 0 Å². The van der Waals surface area contributed by atoms with E-state index in [0.29, 0.717) is 5.82 Å². The summed E-state index contributed by atoms with van der Waals surface area (Å²) in [5.41, 5.74) is 22.1. The van der Waals surface area contributed by atoms with Crippen molar-refractivity contribution in [3.63, 3.8) is 0 Å². The van der Waals surface area contributed by atoms with Crippen LogP contribution in [0.1, 0.15) is 64.0 Å². The van der Waals surface area contributed by atoms with Gasteiger partial charge < -0.3 is 14.8 Å². The molecule has 0 fully saturated rings. The number of aliphatic imine (C=N–C) groups is 1. The van der Waals surface area contributed by atoms with Crippen molar-refractivity contribution in [3.05, 3.63) is 300 Å². The molecule has 12 aromatic rings. The van der Waals surface area contributed by atoms with Gasteiger partial charge in [0.2, 0.25) is 0 Å². The molecule has 1 spiro atoms. The first-order valence-electron chi connectivity index (χ1n) is 26.9. The first-order valence-corrected chi connectivity index (χ1v) is 26.9. The Hall–Kier alpha value is -9.71. The molecule has 0 radical (unpaired) electrons. The highest BCUT2D eigenvalue weighted by Crippen LogP contribution is 2.65. The van der Waals surface area contributed by atoms with E-state index < -0.39 is 5.41 Å². The van der Waals surface area contributed by atoms with Gasteiger partial charge in [-0.25, -0.2) is 4.99 Å². The number of allylic oxidation sites excluding steroid dienone is 1. The van der Waals surface area contributed by atoms with E-state index in [0.717, 1.165) is 63.1 Å². The molecule has 0 amide bonds. The molecule has 0 aliphatic heterocycles. The molecule has 1 unspecified atom stereocenters. The number of para-hydroxylation sites is 3. The first kappa shape index (κ1) is 44.7. The summed E-state index contributed by atoms with van der Waals surface area (Å²) in [6.45, 7) is 7.08. The van der Waals surface area contributed by atoms with E-state index in [2.05, 4.69) is 281 Å². The maximum absolute atomic E-state index is 5.55. The topological polar surface area (TPSA) is 37.5 Å². The minimum absolute atomic E-state index is 0.0235. The van der Waals surface area contributed by atoms with Crippen molar-refractivity contribution >= 4 is 67.5 Å². The molecule has 10 aromatic carbocycles. The van der Waals surface area contributed by atoms with Gasteiger partial charge in [0.15, 0.2) is 0 Å². The molecule has 2 aromatic heterocycles. The third-order valence-corrected chi connectivity index (χ3v) is 16.6. The smallest absolute Gasteiger partial charge is 0.136 e. The maximum Gasteiger partial charge on any atom is 0.136 e. The number of hydrogen-bond acceptors (Lipinski definition) is 2. The van der Waals surface area contributed by atoms with E-state index in [1.807, 2.05) is 0 Å². The minimum atomic E-state index is -0.525. The zero-order chi connectivity index (χ0) is 51.2. The molecular formula is C72H53N5. The van der Waals surface area contributed by atoms with E-state index in [-0.39, 0.29) is 6.04 Å². The lowest BCUT2D eigenvalue weighted by atomic mass is 9.70. The van der Waals surface area contributed by atoms with Crippen molar-refractivity contribution in [3.8, 4) is 27.9 Å². The third-order valence-electron chi connectivity index (χ3n) is 16.6. The molecule has 15 rings (SSSR count). The molecular weight excluding hydrogens is 935 g/mol. The summed E-state index contributed by atoms with van der Waals surface area (Å²) in [6, 6.07) is 88.7. The largest absolute Gasteiger partial charge is 0.363 e. The molecule has 0 bridgehead atoms. The summed E-state index contributed by atoms with van der Waals surface area (Å²) >= 11 is 0. The maximum atomic E-state index is 5.55. The highest BCUT2D eigenvalue weighted by molar-refractivity contribution is 6.16. The predicted octanol–water partition coefficient (Wildman–Crippen LogP) is 17.7. The lowest BCUT2D eigenvalue weighted by molar-refractivity contribution is 0.717. The van der Waals surface area contributed by atoms with Crippen molar-refractivity contribution in [2.24, 2.45) is 4.99 Å². The molecule has 1 atom stereocenters. The van der Waals surface area contributed by atoms with E-state index in [4.69, 9.17) is 11.6 Å². The van der Waals surface area contributed by atoms with E-state index in [1.165, 1.54) is 77.9 Å². The number of aromatic nitrogens is 2. The Bertz CT molecular complexity index is 4360. The molecule has 1 N–H and O–H groups in total. The Morgan fingerprint density at radius 2 is 1.16 bits per heavy atom. The molecule has 0 saturated heterocycles. The van der Waals surface area contributed by atoms with Gasteiger partial charge in [0.25, 0.3) is 0 Å². The van der Waals surface area contributed by atoms with Gasteiger partial charge >= 0.3 is 0 Å². The fourth-order valence-corrected chi connectivity index (χ4v) is 13.4. The first-order chi connectivity index (χ1) is 38.1. The second-order valence-electron chi connectivity index (χ2n) is 20.6. The molecule has 5 nitrogen and oxygen atoms in total. The average molecular weight is 988 g/mol. The Kier molecular flexibility index (Phi) is 10.3. The zero-order valence-corrected chi connectivity index (χ0v) is 42.7. The normalized spacial score (nSPS) is 14.1. The number of hydrogen-bond donors (Lipinski definition) is 1. The van der Waals surface area contributed by atoms with E-state index in [9.17, 15) is 0 Å². The fourth-order valence-electron chi connectivity index (χ4n) is 13.4. The second-order valence-corrected chi connectivity index (χ2v) is 20.6. The van der Waals surface area contributed by atoms with Gasteiger partial charge in [-0.1, -0.05) is 213 Å². The summed E-state index contributed by atoms with van der Waals surface area (Å²) in [5, 5.41) is 7.28. The van der Waals surface area contributed by atoms with Gasteiger partial charge in [0, 0.05) is 56.0 Å². The number of nitrogens with one attached hydrogen (secondary N) is 1. The van der Waals surface area contributed by atoms with Crippen molar-refractivity contribution < 1.29 is 0 Å². The molecule has 2 heterocycles. The average Bonchev–Trinajstić information content (AvgIpc) is 4.21. The number of anilines is 3. The Morgan fingerprint density at radius 1 is 0.558 bits per heavy atom. The van der Waals surface area contributed by atoms with Crippen LogP contribution in [0.2, 0.25) is 0 Å².